The molecular weight excluding hydrogens is 295 g/mol. The van der Waals surface area contributed by atoms with Crippen LogP contribution in [-0.4, -0.2) is 40.1 Å². The van der Waals surface area contributed by atoms with E-state index in [-0.39, 0.29) is 11.6 Å². The third kappa shape index (κ3) is 3.59. The average Bonchev–Trinajstić information content (AvgIpc) is 2.51. The molecule has 3 heterocycles. The standard InChI is InChI=1S/C17H21FN4O/c1-13-11-21(12-14-6-7-20(2)17(23)10-14)8-9-22(13)16-5-3-4-15(18)19-16/h3-7,10,13H,8-9,11-12H2,1-2H3. The van der Waals surface area contributed by atoms with Gasteiger partial charge in [-0.15, -0.1) is 0 Å². The first-order chi connectivity index (χ1) is 11.0. The highest BCUT2D eigenvalue weighted by atomic mass is 19.1. The SMILES string of the molecule is CC1CN(Cc2ccn(C)c(=O)c2)CCN1c1cccc(F)n1. The summed E-state index contributed by atoms with van der Waals surface area (Å²) in [5.41, 5.74) is 1.04. The highest BCUT2D eigenvalue weighted by molar-refractivity contribution is 5.40. The number of aromatic nitrogens is 2. The van der Waals surface area contributed by atoms with Crippen LogP contribution in [0.5, 0.6) is 0 Å². The van der Waals surface area contributed by atoms with E-state index in [0.717, 1.165) is 31.7 Å². The van der Waals surface area contributed by atoms with Gasteiger partial charge in [0.05, 0.1) is 0 Å². The van der Waals surface area contributed by atoms with Gasteiger partial charge in [0.2, 0.25) is 5.95 Å². The maximum absolute atomic E-state index is 13.3. The van der Waals surface area contributed by atoms with Gasteiger partial charge in [-0.2, -0.15) is 4.39 Å². The Hall–Kier alpha value is -2.21. The number of nitrogens with zero attached hydrogens (tertiary/aromatic N) is 4. The quantitative estimate of drug-likeness (QED) is 0.807. The molecule has 0 aliphatic carbocycles. The van der Waals surface area contributed by atoms with Crippen molar-refractivity contribution in [3.05, 3.63) is 58.4 Å². The van der Waals surface area contributed by atoms with E-state index in [1.54, 1.807) is 29.9 Å². The number of hydrogen-bond acceptors (Lipinski definition) is 4. The zero-order chi connectivity index (χ0) is 16.4. The summed E-state index contributed by atoms with van der Waals surface area (Å²) in [4.78, 5) is 20.1. The van der Waals surface area contributed by atoms with Crippen LogP contribution in [0.1, 0.15) is 12.5 Å². The van der Waals surface area contributed by atoms with Crippen molar-refractivity contribution in [3.8, 4) is 0 Å². The van der Waals surface area contributed by atoms with E-state index in [2.05, 4.69) is 21.7 Å². The van der Waals surface area contributed by atoms with Crippen molar-refractivity contribution >= 4 is 5.82 Å². The summed E-state index contributed by atoms with van der Waals surface area (Å²) in [6.45, 7) is 5.38. The van der Waals surface area contributed by atoms with Crippen molar-refractivity contribution in [2.75, 3.05) is 24.5 Å². The molecule has 0 aromatic carbocycles. The number of aryl methyl sites for hydroxylation is 1. The smallest absolute Gasteiger partial charge is 0.250 e. The zero-order valence-corrected chi connectivity index (χ0v) is 13.4. The van der Waals surface area contributed by atoms with Crippen LogP contribution in [-0.2, 0) is 13.6 Å². The average molecular weight is 316 g/mol. The van der Waals surface area contributed by atoms with Gasteiger partial charge < -0.3 is 9.47 Å². The number of anilines is 1. The first kappa shape index (κ1) is 15.7. The number of halogens is 1. The van der Waals surface area contributed by atoms with Gasteiger partial charge in [-0.25, -0.2) is 4.98 Å². The molecule has 6 heteroatoms. The van der Waals surface area contributed by atoms with E-state index in [9.17, 15) is 9.18 Å². The van der Waals surface area contributed by atoms with Crippen molar-refractivity contribution in [3.63, 3.8) is 0 Å². The minimum Gasteiger partial charge on any atom is -0.351 e. The molecule has 2 aromatic heterocycles. The first-order valence-corrected chi connectivity index (χ1v) is 7.80. The summed E-state index contributed by atoms with van der Waals surface area (Å²) in [7, 11) is 1.75. The third-order valence-electron chi connectivity index (χ3n) is 4.28. The second-order valence-electron chi connectivity index (χ2n) is 6.08. The number of pyridine rings is 2. The van der Waals surface area contributed by atoms with Gasteiger partial charge in [0.25, 0.3) is 5.56 Å². The fraction of sp³-hybridized carbons (Fsp3) is 0.412. The van der Waals surface area contributed by atoms with Crippen molar-refractivity contribution in [1.82, 2.24) is 14.5 Å². The first-order valence-electron chi connectivity index (χ1n) is 7.80. The molecule has 0 N–H and O–H groups in total. The van der Waals surface area contributed by atoms with Crippen LogP contribution >= 0.6 is 0 Å². The van der Waals surface area contributed by atoms with E-state index < -0.39 is 5.95 Å². The van der Waals surface area contributed by atoms with Crippen molar-refractivity contribution in [1.29, 1.82) is 0 Å². The maximum atomic E-state index is 13.3. The molecule has 2 aromatic rings. The van der Waals surface area contributed by atoms with Crippen LogP contribution in [0.4, 0.5) is 10.2 Å². The molecule has 0 bridgehead atoms. The summed E-state index contributed by atoms with van der Waals surface area (Å²) in [6, 6.07) is 8.80. The molecule has 23 heavy (non-hydrogen) atoms. The van der Waals surface area contributed by atoms with Crippen LogP contribution in [0.3, 0.4) is 0 Å². The molecular formula is C17H21FN4O. The Morgan fingerprint density at radius 2 is 2.13 bits per heavy atom. The Balaban J connectivity index is 1.66. The van der Waals surface area contributed by atoms with E-state index in [1.165, 1.54) is 6.07 Å². The molecule has 5 nitrogen and oxygen atoms in total. The highest BCUT2D eigenvalue weighted by Crippen LogP contribution is 2.19. The Morgan fingerprint density at radius 3 is 2.83 bits per heavy atom. The second-order valence-corrected chi connectivity index (χ2v) is 6.08. The molecule has 1 fully saturated rings. The van der Waals surface area contributed by atoms with E-state index in [0.29, 0.717) is 5.82 Å². The topological polar surface area (TPSA) is 41.4 Å². The van der Waals surface area contributed by atoms with Gasteiger partial charge in [0, 0.05) is 51.5 Å². The van der Waals surface area contributed by atoms with Gasteiger partial charge in [0.1, 0.15) is 5.82 Å². The Labute approximate surface area is 135 Å². The van der Waals surface area contributed by atoms with Gasteiger partial charge in [-0.3, -0.25) is 9.69 Å². The van der Waals surface area contributed by atoms with Gasteiger partial charge >= 0.3 is 0 Å². The van der Waals surface area contributed by atoms with Gasteiger partial charge in [-0.1, -0.05) is 6.07 Å². The van der Waals surface area contributed by atoms with Crippen LogP contribution in [0.2, 0.25) is 0 Å². The molecule has 0 spiro atoms. The molecule has 1 aliphatic rings. The lowest BCUT2D eigenvalue weighted by atomic mass is 10.1. The van der Waals surface area contributed by atoms with E-state index in [4.69, 9.17) is 0 Å². The molecule has 3 rings (SSSR count). The molecule has 1 unspecified atom stereocenters. The fourth-order valence-corrected chi connectivity index (χ4v) is 3.02. The summed E-state index contributed by atoms with van der Waals surface area (Å²) < 4.78 is 14.9. The highest BCUT2D eigenvalue weighted by Gasteiger charge is 2.24. The predicted molar refractivity (Wildman–Crippen MR) is 88.0 cm³/mol. The Morgan fingerprint density at radius 1 is 1.30 bits per heavy atom. The lowest BCUT2D eigenvalue weighted by Crippen LogP contribution is -2.52. The molecule has 0 saturated carbocycles. The normalized spacial score (nSPS) is 19.1. The van der Waals surface area contributed by atoms with Gasteiger partial charge in [0.15, 0.2) is 0 Å². The number of piperazine rings is 1. The maximum Gasteiger partial charge on any atom is 0.250 e. The molecule has 0 radical (unpaired) electrons. The van der Waals surface area contributed by atoms with Crippen molar-refractivity contribution in [2.45, 2.75) is 19.5 Å². The van der Waals surface area contributed by atoms with Gasteiger partial charge in [-0.05, 0) is 30.7 Å². The summed E-state index contributed by atoms with van der Waals surface area (Å²) in [6.07, 6.45) is 1.80. The fourth-order valence-electron chi connectivity index (χ4n) is 3.02. The van der Waals surface area contributed by atoms with Crippen molar-refractivity contribution in [2.24, 2.45) is 7.05 Å². The monoisotopic (exact) mass is 316 g/mol. The lowest BCUT2D eigenvalue weighted by Gasteiger charge is -2.40. The van der Waals surface area contributed by atoms with Crippen LogP contribution < -0.4 is 10.5 Å². The summed E-state index contributed by atoms with van der Waals surface area (Å²) in [5, 5.41) is 0. The van der Waals surface area contributed by atoms with E-state index >= 15 is 0 Å². The number of hydrogen-bond donors (Lipinski definition) is 0. The minimum absolute atomic E-state index is 0.0122. The van der Waals surface area contributed by atoms with Crippen LogP contribution in [0.15, 0.2) is 41.3 Å². The number of rotatable bonds is 3. The predicted octanol–water partition coefficient (Wildman–Crippen LogP) is 1.63. The van der Waals surface area contributed by atoms with Crippen LogP contribution in [0, 0.1) is 5.95 Å². The summed E-state index contributed by atoms with van der Waals surface area (Å²) in [5.74, 6) is 0.239. The summed E-state index contributed by atoms with van der Waals surface area (Å²) >= 11 is 0. The molecule has 1 aliphatic heterocycles. The molecule has 1 saturated heterocycles. The zero-order valence-electron chi connectivity index (χ0n) is 13.4. The Bertz CT molecular complexity index is 745. The van der Waals surface area contributed by atoms with Crippen molar-refractivity contribution < 1.29 is 4.39 Å². The van der Waals surface area contributed by atoms with E-state index in [1.807, 2.05) is 12.1 Å². The molecule has 1 atom stereocenters. The largest absolute Gasteiger partial charge is 0.351 e. The lowest BCUT2D eigenvalue weighted by molar-refractivity contribution is 0.220. The van der Waals surface area contributed by atoms with Crippen LogP contribution in [0.25, 0.3) is 0 Å². The second kappa shape index (κ2) is 6.50. The molecule has 0 amide bonds. The minimum atomic E-state index is -0.447. The third-order valence-corrected chi connectivity index (χ3v) is 4.28. The Kier molecular flexibility index (Phi) is 4.43. The molecule has 122 valence electrons.